The van der Waals surface area contributed by atoms with Gasteiger partial charge in [-0.3, -0.25) is 4.79 Å². The molecule has 0 aromatic heterocycles. The second kappa shape index (κ2) is 11.4. The van der Waals surface area contributed by atoms with Gasteiger partial charge in [-0.15, -0.1) is 0 Å². The highest BCUT2D eigenvalue weighted by Gasteiger charge is 2.30. The molecule has 0 radical (unpaired) electrons. The maximum Gasteiger partial charge on any atom is 0.320 e. The van der Waals surface area contributed by atoms with E-state index in [1.54, 1.807) is 0 Å². The SMILES string of the molecule is CCOc1cc(N2CCN(C)CC2)ccc1NC(=O)[C@@H]1CCCN(C(=O)N(CC)CC)C1. The van der Waals surface area contributed by atoms with Gasteiger partial charge < -0.3 is 29.7 Å². The van der Waals surface area contributed by atoms with Crippen LogP contribution in [-0.2, 0) is 4.79 Å². The fourth-order valence-corrected chi connectivity index (χ4v) is 4.44. The summed E-state index contributed by atoms with van der Waals surface area (Å²) in [5.41, 5.74) is 1.81. The summed E-state index contributed by atoms with van der Waals surface area (Å²) >= 11 is 0. The van der Waals surface area contributed by atoms with Crippen molar-refractivity contribution in [2.75, 3.05) is 76.2 Å². The molecule has 2 fully saturated rings. The van der Waals surface area contributed by atoms with Crippen LogP contribution in [0.5, 0.6) is 5.75 Å². The summed E-state index contributed by atoms with van der Waals surface area (Å²) in [5.74, 6) is 0.439. The number of carbonyl (C=O) groups excluding carboxylic acids is 2. The molecule has 1 N–H and O–H groups in total. The number of ether oxygens (including phenoxy) is 1. The van der Waals surface area contributed by atoms with E-state index >= 15 is 0 Å². The van der Waals surface area contributed by atoms with E-state index in [9.17, 15) is 9.59 Å². The number of anilines is 2. The molecule has 0 saturated carbocycles. The van der Waals surface area contributed by atoms with Crippen molar-refractivity contribution >= 4 is 23.3 Å². The second-order valence-electron chi connectivity index (χ2n) is 8.63. The molecule has 2 heterocycles. The Balaban J connectivity index is 1.67. The average molecular weight is 446 g/mol. The topological polar surface area (TPSA) is 68.4 Å². The van der Waals surface area contributed by atoms with Gasteiger partial charge in [0.2, 0.25) is 5.91 Å². The van der Waals surface area contributed by atoms with Crippen molar-refractivity contribution < 1.29 is 14.3 Å². The van der Waals surface area contributed by atoms with Gasteiger partial charge in [-0.05, 0) is 52.8 Å². The van der Waals surface area contributed by atoms with Gasteiger partial charge in [0.1, 0.15) is 5.75 Å². The summed E-state index contributed by atoms with van der Waals surface area (Å²) in [6, 6.07) is 6.05. The summed E-state index contributed by atoms with van der Waals surface area (Å²) in [6.07, 6.45) is 1.63. The number of urea groups is 1. The van der Waals surface area contributed by atoms with E-state index in [0.29, 0.717) is 44.2 Å². The molecule has 3 amide bonds. The number of benzene rings is 1. The maximum absolute atomic E-state index is 13.1. The Morgan fingerprint density at radius 1 is 1.09 bits per heavy atom. The number of amides is 3. The molecule has 32 heavy (non-hydrogen) atoms. The molecule has 0 spiro atoms. The highest BCUT2D eigenvalue weighted by Crippen LogP contribution is 2.31. The Kier molecular flexibility index (Phi) is 8.61. The van der Waals surface area contributed by atoms with Crippen molar-refractivity contribution in [2.45, 2.75) is 33.6 Å². The number of hydrogen-bond acceptors (Lipinski definition) is 5. The van der Waals surface area contributed by atoms with Crippen LogP contribution < -0.4 is 15.0 Å². The zero-order valence-corrected chi connectivity index (χ0v) is 20.1. The highest BCUT2D eigenvalue weighted by molar-refractivity contribution is 5.95. The number of piperazine rings is 1. The number of nitrogens with one attached hydrogen (secondary N) is 1. The standard InChI is InChI=1S/C24H39N5O3/c1-5-27(6-2)24(31)29-12-8-9-19(18-29)23(30)25-21-11-10-20(17-22(21)32-7-3)28-15-13-26(4)14-16-28/h10-11,17,19H,5-9,12-16,18H2,1-4H3,(H,25,30)/t19-/m1/s1. The number of hydrogen-bond donors (Lipinski definition) is 1. The molecule has 0 aliphatic carbocycles. The summed E-state index contributed by atoms with van der Waals surface area (Å²) in [6.45, 7) is 13.0. The summed E-state index contributed by atoms with van der Waals surface area (Å²) in [5, 5.41) is 3.08. The van der Waals surface area contributed by atoms with Crippen LogP contribution in [0.15, 0.2) is 18.2 Å². The van der Waals surface area contributed by atoms with Gasteiger partial charge in [0.25, 0.3) is 0 Å². The van der Waals surface area contributed by atoms with Gasteiger partial charge in [-0.1, -0.05) is 0 Å². The van der Waals surface area contributed by atoms with Crippen molar-refractivity contribution in [3.05, 3.63) is 18.2 Å². The van der Waals surface area contributed by atoms with Gasteiger partial charge in [0, 0.05) is 64.1 Å². The molecule has 8 nitrogen and oxygen atoms in total. The van der Waals surface area contributed by atoms with Crippen LogP contribution in [0.4, 0.5) is 16.2 Å². The third-order valence-electron chi connectivity index (χ3n) is 6.49. The van der Waals surface area contributed by atoms with E-state index in [4.69, 9.17) is 4.74 Å². The number of likely N-dealkylation sites (tertiary alicyclic amines) is 1. The van der Waals surface area contributed by atoms with Crippen LogP contribution in [0.25, 0.3) is 0 Å². The number of likely N-dealkylation sites (N-methyl/N-ethyl adjacent to an activating group) is 1. The Bertz CT molecular complexity index is 775. The summed E-state index contributed by atoms with van der Waals surface area (Å²) < 4.78 is 5.87. The highest BCUT2D eigenvalue weighted by atomic mass is 16.5. The first-order valence-electron chi connectivity index (χ1n) is 12.0. The molecule has 2 aliphatic rings. The number of nitrogens with zero attached hydrogens (tertiary/aromatic N) is 4. The summed E-state index contributed by atoms with van der Waals surface area (Å²) in [4.78, 5) is 34.1. The minimum atomic E-state index is -0.213. The summed E-state index contributed by atoms with van der Waals surface area (Å²) in [7, 11) is 2.14. The fourth-order valence-electron chi connectivity index (χ4n) is 4.44. The van der Waals surface area contributed by atoms with Gasteiger partial charge >= 0.3 is 6.03 Å². The molecule has 1 aromatic carbocycles. The molecule has 1 atom stereocenters. The van der Waals surface area contributed by atoms with Gasteiger partial charge in [0.15, 0.2) is 0 Å². The largest absolute Gasteiger partial charge is 0.492 e. The average Bonchev–Trinajstić information content (AvgIpc) is 2.81. The Morgan fingerprint density at radius 2 is 1.81 bits per heavy atom. The van der Waals surface area contributed by atoms with Crippen LogP contribution in [0.1, 0.15) is 33.6 Å². The molecule has 2 aliphatic heterocycles. The van der Waals surface area contributed by atoms with Crippen molar-refractivity contribution in [1.82, 2.24) is 14.7 Å². The van der Waals surface area contributed by atoms with Crippen molar-refractivity contribution in [3.63, 3.8) is 0 Å². The molecule has 0 unspecified atom stereocenters. The predicted octanol–water partition coefficient (Wildman–Crippen LogP) is 2.95. The van der Waals surface area contributed by atoms with Crippen LogP contribution in [0.2, 0.25) is 0 Å². The number of rotatable bonds is 7. The first-order chi connectivity index (χ1) is 15.5. The minimum Gasteiger partial charge on any atom is -0.492 e. The molecule has 3 rings (SSSR count). The van der Waals surface area contributed by atoms with Gasteiger partial charge in [-0.25, -0.2) is 4.79 Å². The van der Waals surface area contributed by atoms with E-state index in [2.05, 4.69) is 28.2 Å². The molecule has 2 saturated heterocycles. The van der Waals surface area contributed by atoms with Crippen LogP contribution in [-0.4, -0.2) is 92.7 Å². The first kappa shape index (κ1) is 24.2. The Morgan fingerprint density at radius 3 is 2.47 bits per heavy atom. The molecular formula is C24H39N5O3. The van der Waals surface area contributed by atoms with Crippen molar-refractivity contribution in [1.29, 1.82) is 0 Å². The lowest BCUT2D eigenvalue weighted by molar-refractivity contribution is -0.121. The molecular weight excluding hydrogens is 406 g/mol. The zero-order valence-electron chi connectivity index (χ0n) is 20.1. The Hall–Kier alpha value is -2.48. The minimum absolute atomic E-state index is 0.0269. The van der Waals surface area contributed by atoms with Crippen LogP contribution >= 0.6 is 0 Å². The van der Waals surface area contributed by atoms with Crippen LogP contribution in [0, 0.1) is 5.92 Å². The van der Waals surface area contributed by atoms with Crippen molar-refractivity contribution in [2.24, 2.45) is 5.92 Å². The molecule has 1 aromatic rings. The second-order valence-corrected chi connectivity index (χ2v) is 8.63. The third kappa shape index (κ3) is 5.85. The van der Waals surface area contributed by atoms with E-state index < -0.39 is 0 Å². The van der Waals surface area contributed by atoms with E-state index in [0.717, 1.165) is 44.7 Å². The van der Waals surface area contributed by atoms with Gasteiger partial charge in [0.05, 0.1) is 18.2 Å². The normalized spacial score (nSPS) is 19.6. The monoisotopic (exact) mass is 445 g/mol. The molecule has 0 bridgehead atoms. The van der Waals surface area contributed by atoms with Crippen molar-refractivity contribution in [3.8, 4) is 5.75 Å². The van der Waals surface area contributed by atoms with Crippen LogP contribution in [0.3, 0.4) is 0 Å². The van der Waals surface area contributed by atoms with E-state index in [-0.39, 0.29) is 17.9 Å². The lowest BCUT2D eigenvalue weighted by Gasteiger charge is -2.35. The number of carbonyl (C=O) groups is 2. The Labute approximate surface area is 192 Å². The predicted molar refractivity (Wildman–Crippen MR) is 129 cm³/mol. The zero-order chi connectivity index (χ0) is 23.1. The van der Waals surface area contributed by atoms with E-state index in [1.807, 2.05) is 42.7 Å². The quantitative estimate of drug-likeness (QED) is 0.699. The smallest absolute Gasteiger partial charge is 0.320 e. The van der Waals surface area contributed by atoms with Gasteiger partial charge in [-0.2, -0.15) is 0 Å². The lowest BCUT2D eigenvalue weighted by Crippen LogP contribution is -2.49. The molecule has 8 heteroatoms. The maximum atomic E-state index is 13.1. The third-order valence-corrected chi connectivity index (χ3v) is 6.49. The lowest BCUT2D eigenvalue weighted by atomic mass is 9.97. The van der Waals surface area contributed by atoms with E-state index in [1.165, 1.54) is 0 Å². The molecule has 178 valence electrons. The first-order valence-corrected chi connectivity index (χ1v) is 12.0. The number of piperidine rings is 1. The fraction of sp³-hybridized carbons (Fsp3) is 0.667.